The van der Waals surface area contributed by atoms with Crippen molar-refractivity contribution in [2.75, 3.05) is 13.2 Å². The van der Waals surface area contributed by atoms with Crippen LogP contribution in [0.15, 0.2) is 11.8 Å². The van der Waals surface area contributed by atoms with Gasteiger partial charge in [-0.25, -0.2) is 4.79 Å². The number of esters is 1. The molecule has 0 atom stereocenters. The van der Waals surface area contributed by atoms with Crippen LogP contribution in [0.3, 0.4) is 0 Å². The fraction of sp³-hybridized carbons (Fsp3) is 0.636. The quantitative estimate of drug-likeness (QED) is 0.162. The van der Waals surface area contributed by atoms with Crippen LogP contribution in [0.2, 0.25) is 0 Å². The van der Waals surface area contributed by atoms with Gasteiger partial charge in [0.05, 0.1) is 13.2 Å². The number of rotatable bonds is 7. The van der Waals surface area contributed by atoms with Crippen LogP contribution >= 0.6 is 0 Å². The van der Waals surface area contributed by atoms with Crippen LogP contribution in [0.5, 0.6) is 0 Å². The van der Waals surface area contributed by atoms with Gasteiger partial charge in [0.15, 0.2) is 5.78 Å². The maximum atomic E-state index is 11.3. The first kappa shape index (κ1) is 13.7. The number of hydrogen-bond donors (Lipinski definition) is 0. The van der Waals surface area contributed by atoms with Gasteiger partial charge in [0.2, 0.25) is 0 Å². The van der Waals surface area contributed by atoms with Crippen LogP contribution in [-0.2, 0) is 19.1 Å². The van der Waals surface area contributed by atoms with Crippen molar-refractivity contribution in [3.63, 3.8) is 0 Å². The van der Waals surface area contributed by atoms with Gasteiger partial charge in [0.1, 0.15) is 11.8 Å². The fourth-order valence-corrected chi connectivity index (χ4v) is 0.854. The van der Waals surface area contributed by atoms with Crippen LogP contribution < -0.4 is 0 Å². The number of unbranched alkanes of at least 4 members (excludes halogenated alkanes) is 1. The van der Waals surface area contributed by atoms with E-state index in [1.54, 1.807) is 6.92 Å². The molecule has 0 amide bonds. The van der Waals surface area contributed by atoms with Gasteiger partial charge in [-0.05, 0) is 20.3 Å². The molecule has 0 bridgehead atoms. The number of ketones is 1. The molecular formula is C11H18O4. The number of ether oxygens (including phenoxy) is 2. The molecule has 0 aromatic heterocycles. The van der Waals surface area contributed by atoms with Gasteiger partial charge in [-0.3, -0.25) is 4.79 Å². The van der Waals surface area contributed by atoms with Crippen LogP contribution in [0, 0.1) is 0 Å². The molecule has 0 aliphatic heterocycles. The van der Waals surface area contributed by atoms with Gasteiger partial charge in [-0.15, -0.1) is 0 Å². The molecule has 0 heterocycles. The normalized spacial score (nSPS) is 11.0. The standard InChI is InChI=1S/C11H18O4/c1-4-6-7-14-8-10(9(3)12)11(13)15-5-2/h8H,4-7H2,1-3H3. The zero-order chi connectivity index (χ0) is 11.7. The first-order chi connectivity index (χ1) is 7.13. The molecule has 0 spiro atoms. The van der Waals surface area contributed by atoms with E-state index in [1.165, 1.54) is 13.2 Å². The maximum absolute atomic E-state index is 11.3. The third-order valence-electron chi connectivity index (χ3n) is 1.69. The Morgan fingerprint density at radius 2 is 1.93 bits per heavy atom. The lowest BCUT2D eigenvalue weighted by molar-refractivity contribution is -0.140. The summed E-state index contributed by atoms with van der Waals surface area (Å²) in [5, 5.41) is 0. The Morgan fingerprint density at radius 1 is 1.27 bits per heavy atom. The average molecular weight is 214 g/mol. The van der Waals surface area contributed by atoms with Crippen molar-refractivity contribution < 1.29 is 19.1 Å². The Bertz CT molecular complexity index is 243. The lowest BCUT2D eigenvalue weighted by Crippen LogP contribution is -2.14. The molecule has 0 aromatic rings. The Labute approximate surface area is 90.2 Å². The summed E-state index contributed by atoms with van der Waals surface area (Å²) in [4.78, 5) is 22.3. The third-order valence-corrected chi connectivity index (χ3v) is 1.69. The van der Waals surface area contributed by atoms with E-state index in [4.69, 9.17) is 9.47 Å². The molecule has 0 aliphatic carbocycles. The predicted octanol–water partition coefficient (Wildman–Crippen LogP) is 1.84. The van der Waals surface area contributed by atoms with E-state index in [-0.39, 0.29) is 18.0 Å². The van der Waals surface area contributed by atoms with Crippen LogP contribution in [0.4, 0.5) is 0 Å². The lowest BCUT2D eigenvalue weighted by atomic mass is 10.2. The predicted molar refractivity (Wildman–Crippen MR) is 56.3 cm³/mol. The molecule has 0 unspecified atom stereocenters. The zero-order valence-corrected chi connectivity index (χ0v) is 9.54. The van der Waals surface area contributed by atoms with Crippen molar-refractivity contribution in [2.45, 2.75) is 33.6 Å². The van der Waals surface area contributed by atoms with Crippen LogP contribution in [-0.4, -0.2) is 25.0 Å². The highest BCUT2D eigenvalue weighted by molar-refractivity contribution is 6.16. The van der Waals surface area contributed by atoms with Crippen molar-refractivity contribution >= 4 is 11.8 Å². The molecule has 86 valence electrons. The molecule has 0 aromatic carbocycles. The van der Waals surface area contributed by atoms with E-state index in [9.17, 15) is 9.59 Å². The highest BCUT2D eigenvalue weighted by atomic mass is 16.5. The van der Waals surface area contributed by atoms with E-state index in [1.807, 2.05) is 6.92 Å². The number of Topliss-reactive ketones (excluding diaryl/α,β-unsaturated/α-hetero) is 1. The summed E-state index contributed by atoms with van der Waals surface area (Å²) in [7, 11) is 0. The minimum atomic E-state index is -0.624. The third kappa shape index (κ3) is 5.88. The molecule has 4 heteroatoms. The molecule has 0 radical (unpaired) electrons. The van der Waals surface area contributed by atoms with E-state index in [0.29, 0.717) is 6.61 Å². The average Bonchev–Trinajstić information content (AvgIpc) is 2.17. The molecule has 0 rings (SSSR count). The lowest BCUT2D eigenvalue weighted by Gasteiger charge is -2.04. The number of carbonyl (C=O) groups excluding carboxylic acids is 2. The Kier molecular flexibility index (Phi) is 7.32. The largest absolute Gasteiger partial charge is 0.500 e. The molecule has 0 saturated carbocycles. The molecular weight excluding hydrogens is 196 g/mol. The van der Waals surface area contributed by atoms with E-state index in [0.717, 1.165) is 12.8 Å². The Morgan fingerprint density at radius 3 is 2.40 bits per heavy atom. The summed E-state index contributed by atoms with van der Waals surface area (Å²) in [5.41, 5.74) is -0.0343. The van der Waals surface area contributed by atoms with Crippen LogP contribution in [0.1, 0.15) is 33.6 Å². The minimum Gasteiger partial charge on any atom is -0.500 e. The zero-order valence-electron chi connectivity index (χ0n) is 9.54. The second kappa shape index (κ2) is 8.03. The monoisotopic (exact) mass is 214 g/mol. The second-order valence-electron chi connectivity index (χ2n) is 3.03. The maximum Gasteiger partial charge on any atom is 0.344 e. The smallest absolute Gasteiger partial charge is 0.344 e. The second-order valence-corrected chi connectivity index (χ2v) is 3.03. The van der Waals surface area contributed by atoms with E-state index in [2.05, 4.69) is 0 Å². The Hall–Kier alpha value is -1.32. The molecule has 15 heavy (non-hydrogen) atoms. The molecule has 0 aliphatic rings. The minimum absolute atomic E-state index is 0.0343. The van der Waals surface area contributed by atoms with Gasteiger partial charge < -0.3 is 9.47 Å². The van der Waals surface area contributed by atoms with Gasteiger partial charge >= 0.3 is 5.97 Å². The van der Waals surface area contributed by atoms with Gasteiger partial charge in [-0.1, -0.05) is 13.3 Å². The molecule has 0 fully saturated rings. The van der Waals surface area contributed by atoms with Crippen LogP contribution in [0.25, 0.3) is 0 Å². The topological polar surface area (TPSA) is 52.6 Å². The summed E-state index contributed by atoms with van der Waals surface area (Å²) >= 11 is 0. The van der Waals surface area contributed by atoms with Crippen molar-refractivity contribution in [2.24, 2.45) is 0 Å². The summed E-state index contributed by atoms with van der Waals surface area (Å²) in [5.74, 6) is -0.966. The van der Waals surface area contributed by atoms with E-state index < -0.39 is 5.97 Å². The van der Waals surface area contributed by atoms with Crippen molar-refractivity contribution in [1.29, 1.82) is 0 Å². The number of carbonyl (C=O) groups is 2. The highest BCUT2D eigenvalue weighted by Crippen LogP contribution is 2.01. The molecule has 0 N–H and O–H groups in total. The van der Waals surface area contributed by atoms with Gasteiger partial charge in [0, 0.05) is 0 Å². The Balaban J connectivity index is 4.25. The van der Waals surface area contributed by atoms with Crippen molar-refractivity contribution in [3.05, 3.63) is 11.8 Å². The van der Waals surface area contributed by atoms with Crippen molar-refractivity contribution in [1.82, 2.24) is 0 Å². The fourth-order valence-electron chi connectivity index (χ4n) is 0.854. The van der Waals surface area contributed by atoms with Gasteiger partial charge in [-0.2, -0.15) is 0 Å². The first-order valence-corrected chi connectivity index (χ1v) is 5.13. The summed E-state index contributed by atoms with van der Waals surface area (Å²) < 4.78 is 9.80. The summed E-state index contributed by atoms with van der Waals surface area (Å²) in [6.07, 6.45) is 3.09. The molecule has 0 saturated heterocycles. The summed E-state index contributed by atoms with van der Waals surface area (Å²) in [6.45, 7) is 5.79. The highest BCUT2D eigenvalue weighted by Gasteiger charge is 2.15. The van der Waals surface area contributed by atoms with Gasteiger partial charge in [0.25, 0.3) is 0 Å². The number of hydrogen-bond acceptors (Lipinski definition) is 4. The van der Waals surface area contributed by atoms with Crippen molar-refractivity contribution in [3.8, 4) is 0 Å². The van der Waals surface area contributed by atoms with E-state index >= 15 is 0 Å². The SMILES string of the molecule is CCCCOC=C(C(C)=O)C(=O)OCC. The first-order valence-electron chi connectivity index (χ1n) is 5.13. The summed E-state index contributed by atoms with van der Waals surface area (Å²) in [6, 6.07) is 0. The molecule has 4 nitrogen and oxygen atoms in total.